The van der Waals surface area contributed by atoms with Crippen LogP contribution in [0.2, 0.25) is 5.02 Å². The first-order chi connectivity index (χ1) is 11.0. The number of rotatable bonds is 6. The molecule has 0 fully saturated rings. The van der Waals surface area contributed by atoms with Gasteiger partial charge in [0.05, 0.1) is 30.2 Å². The van der Waals surface area contributed by atoms with Gasteiger partial charge in [-0.3, -0.25) is 4.79 Å². The third-order valence-electron chi connectivity index (χ3n) is 3.05. The van der Waals surface area contributed by atoms with Crippen LogP contribution in [0.4, 0.5) is 5.69 Å². The summed E-state index contributed by atoms with van der Waals surface area (Å²) >= 11 is 7.36. The SMILES string of the molecule is COc1ccc(OC)c(NC(=O)C(C)Sc2ncccc2Cl)c1. The summed E-state index contributed by atoms with van der Waals surface area (Å²) in [6.07, 6.45) is 1.64. The second-order valence-electron chi connectivity index (χ2n) is 4.61. The molecule has 1 atom stereocenters. The fourth-order valence-electron chi connectivity index (χ4n) is 1.82. The van der Waals surface area contributed by atoms with E-state index in [9.17, 15) is 4.79 Å². The average Bonchev–Trinajstić information content (AvgIpc) is 2.56. The Labute approximate surface area is 144 Å². The Balaban J connectivity index is 2.10. The van der Waals surface area contributed by atoms with E-state index in [1.165, 1.54) is 11.8 Å². The van der Waals surface area contributed by atoms with Crippen LogP contribution in [0.1, 0.15) is 6.92 Å². The zero-order valence-corrected chi connectivity index (χ0v) is 14.6. The summed E-state index contributed by atoms with van der Waals surface area (Å²) < 4.78 is 10.4. The average molecular weight is 353 g/mol. The first kappa shape index (κ1) is 17.4. The van der Waals surface area contributed by atoms with E-state index < -0.39 is 0 Å². The van der Waals surface area contributed by atoms with Gasteiger partial charge in [0.1, 0.15) is 16.5 Å². The molecule has 1 N–H and O–H groups in total. The second-order valence-corrected chi connectivity index (χ2v) is 6.34. The standard InChI is InChI=1S/C16H17ClN2O3S/c1-10(23-16-12(17)5-4-8-18-16)15(20)19-13-9-11(21-2)6-7-14(13)22-3/h4-10H,1-3H3,(H,19,20). The maximum absolute atomic E-state index is 12.4. The minimum Gasteiger partial charge on any atom is -0.497 e. The predicted molar refractivity (Wildman–Crippen MR) is 92.7 cm³/mol. The Morgan fingerprint density at radius 2 is 2.09 bits per heavy atom. The van der Waals surface area contributed by atoms with Gasteiger partial charge in [-0.1, -0.05) is 23.4 Å². The molecule has 1 unspecified atom stereocenters. The van der Waals surface area contributed by atoms with Gasteiger partial charge >= 0.3 is 0 Å². The van der Waals surface area contributed by atoms with Crippen LogP contribution >= 0.6 is 23.4 Å². The lowest BCUT2D eigenvalue weighted by molar-refractivity contribution is -0.115. The van der Waals surface area contributed by atoms with Crippen molar-refractivity contribution < 1.29 is 14.3 Å². The number of thioether (sulfide) groups is 1. The highest BCUT2D eigenvalue weighted by Crippen LogP contribution is 2.31. The van der Waals surface area contributed by atoms with Crippen LogP contribution in [0.5, 0.6) is 11.5 Å². The lowest BCUT2D eigenvalue weighted by atomic mass is 10.2. The van der Waals surface area contributed by atoms with Crippen molar-refractivity contribution in [3.8, 4) is 11.5 Å². The quantitative estimate of drug-likeness (QED) is 0.799. The number of amides is 1. The number of pyridine rings is 1. The maximum Gasteiger partial charge on any atom is 0.237 e. The van der Waals surface area contributed by atoms with E-state index >= 15 is 0 Å². The van der Waals surface area contributed by atoms with Crippen LogP contribution in [0.25, 0.3) is 0 Å². The highest BCUT2D eigenvalue weighted by molar-refractivity contribution is 8.00. The molecular weight excluding hydrogens is 336 g/mol. The van der Waals surface area contributed by atoms with E-state index in [2.05, 4.69) is 10.3 Å². The van der Waals surface area contributed by atoms with Crippen molar-refractivity contribution in [2.45, 2.75) is 17.2 Å². The van der Waals surface area contributed by atoms with E-state index in [-0.39, 0.29) is 11.2 Å². The molecule has 0 spiro atoms. The van der Waals surface area contributed by atoms with E-state index in [1.807, 2.05) is 0 Å². The van der Waals surface area contributed by atoms with Crippen LogP contribution in [0.15, 0.2) is 41.6 Å². The molecule has 0 radical (unpaired) electrons. The Kier molecular flexibility index (Phi) is 6.12. The van der Waals surface area contributed by atoms with Crippen LogP contribution < -0.4 is 14.8 Å². The molecule has 0 saturated heterocycles. The minimum atomic E-state index is -0.377. The summed E-state index contributed by atoms with van der Waals surface area (Å²) in [5, 5.41) is 3.61. The first-order valence-corrected chi connectivity index (χ1v) is 8.11. The number of carbonyl (C=O) groups excluding carboxylic acids is 1. The van der Waals surface area contributed by atoms with Crippen molar-refractivity contribution in [2.24, 2.45) is 0 Å². The molecule has 1 aromatic heterocycles. The lowest BCUT2D eigenvalue weighted by Crippen LogP contribution is -2.22. The van der Waals surface area contributed by atoms with Crippen molar-refractivity contribution in [1.29, 1.82) is 0 Å². The number of nitrogens with zero attached hydrogens (tertiary/aromatic N) is 1. The van der Waals surface area contributed by atoms with Crippen molar-refractivity contribution >= 4 is 35.0 Å². The summed E-state index contributed by atoms with van der Waals surface area (Å²) in [6, 6.07) is 8.70. The second kappa shape index (κ2) is 8.08. The smallest absolute Gasteiger partial charge is 0.237 e. The number of anilines is 1. The third-order valence-corrected chi connectivity index (χ3v) is 4.58. The Morgan fingerprint density at radius 3 is 2.74 bits per heavy atom. The summed E-state index contributed by atoms with van der Waals surface area (Å²) in [4.78, 5) is 16.6. The van der Waals surface area contributed by atoms with Crippen molar-refractivity contribution in [1.82, 2.24) is 4.98 Å². The fraction of sp³-hybridized carbons (Fsp3) is 0.250. The van der Waals surface area contributed by atoms with E-state index in [4.69, 9.17) is 21.1 Å². The molecule has 0 aliphatic carbocycles. The molecule has 2 rings (SSSR count). The summed E-state index contributed by atoms with van der Waals surface area (Å²) in [7, 11) is 3.11. The monoisotopic (exact) mass is 352 g/mol. The number of hydrogen-bond acceptors (Lipinski definition) is 5. The molecule has 1 amide bonds. The number of nitrogens with one attached hydrogen (secondary N) is 1. The Hall–Kier alpha value is -1.92. The zero-order chi connectivity index (χ0) is 16.8. The highest BCUT2D eigenvalue weighted by Gasteiger charge is 2.18. The molecule has 23 heavy (non-hydrogen) atoms. The van der Waals surface area contributed by atoms with Gasteiger partial charge in [0.2, 0.25) is 5.91 Å². The van der Waals surface area contributed by atoms with Crippen LogP contribution in [-0.4, -0.2) is 30.4 Å². The van der Waals surface area contributed by atoms with Gasteiger partial charge in [-0.25, -0.2) is 4.98 Å². The van der Waals surface area contributed by atoms with Gasteiger partial charge in [0.25, 0.3) is 0 Å². The normalized spacial score (nSPS) is 11.7. The van der Waals surface area contributed by atoms with Crippen LogP contribution in [0, 0.1) is 0 Å². The molecule has 0 aliphatic heterocycles. The van der Waals surface area contributed by atoms with Gasteiger partial charge in [-0.05, 0) is 31.2 Å². The number of aromatic nitrogens is 1. The van der Waals surface area contributed by atoms with Crippen molar-refractivity contribution in [3.63, 3.8) is 0 Å². The summed E-state index contributed by atoms with van der Waals surface area (Å²) in [6.45, 7) is 1.79. The molecular formula is C16H17ClN2O3S. The number of carbonyl (C=O) groups is 1. The topological polar surface area (TPSA) is 60.5 Å². The lowest BCUT2D eigenvalue weighted by Gasteiger charge is -2.15. The fourth-order valence-corrected chi connectivity index (χ4v) is 2.88. The molecule has 2 aromatic rings. The van der Waals surface area contributed by atoms with E-state index in [1.54, 1.807) is 57.7 Å². The van der Waals surface area contributed by atoms with Gasteiger partial charge in [-0.2, -0.15) is 0 Å². The van der Waals surface area contributed by atoms with Crippen LogP contribution in [-0.2, 0) is 4.79 Å². The van der Waals surface area contributed by atoms with E-state index in [0.717, 1.165) is 0 Å². The molecule has 1 heterocycles. The van der Waals surface area contributed by atoms with E-state index in [0.29, 0.717) is 27.2 Å². The number of hydrogen-bond donors (Lipinski definition) is 1. The van der Waals surface area contributed by atoms with Crippen molar-refractivity contribution in [2.75, 3.05) is 19.5 Å². The largest absolute Gasteiger partial charge is 0.497 e. The van der Waals surface area contributed by atoms with Crippen molar-refractivity contribution in [3.05, 3.63) is 41.6 Å². The summed E-state index contributed by atoms with van der Waals surface area (Å²) in [5.41, 5.74) is 0.552. The van der Waals surface area contributed by atoms with Gasteiger partial charge in [-0.15, -0.1) is 0 Å². The Morgan fingerprint density at radius 1 is 1.30 bits per heavy atom. The van der Waals surface area contributed by atoms with Gasteiger partial charge in [0.15, 0.2) is 0 Å². The first-order valence-electron chi connectivity index (χ1n) is 6.85. The molecule has 5 nitrogen and oxygen atoms in total. The van der Waals surface area contributed by atoms with Gasteiger partial charge in [0, 0.05) is 12.3 Å². The molecule has 7 heteroatoms. The molecule has 0 aliphatic rings. The van der Waals surface area contributed by atoms with Crippen LogP contribution in [0.3, 0.4) is 0 Å². The molecule has 0 saturated carbocycles. The van der Waals surface area contributed by atoms with Gasteiger partial charge < -0.3 is 14.8 Å². The number of halogens is 1. The Bertz CT molecular complexity index is 697. The molecule has 0 bridgehead atoms. The third kappa shape index (κ3) is 4.53. The predicted octanol–water partition coefficient (Wildman–Crippen LogP) is 3.87. The number of benzene rings is 1. The number of methoxy groups -OCH3 is 2. The minimum absolute atomic E-state index is 0.178. The maximum atomic E-state index is 12.4. The molecule has 122 valence electrons. The highest BCUT2D eigenvalue weighted by atomic mass is 35.5. The summed E-state index contributed by atoms with van der Waals surface area (Å²) in [5.74, 6) is 1.02. The number of ether oxygens (including phenoxy) is 2. The zero-order valence-electron chi connectivity index (χ0n) is 13.0. The molecule has 1 aromatic carbocycles.